The van der Waals surface area contributed by atoms with Crippen molar-refractivity contribution in [3.63, 3.8) is 0 Å². The summed E-state index contributed by atoms with van der Waals surface area (Å²) in [4.78, 5) is 4.10. The van der Waals surface area contributed by atoms with Gasteiger partial charge in [-0.1, -0.05) is 25.4 Å². The van der Waals surface area contributed by atoms with E-state index in [4.69, 9.17) is 10.3 Å². The van der Waals surface area contributed by atoms with Crippen LogP contribution in [-0.4, -0.2) is 10.1 Å². The minimum Gasteiger partial charge on any atom is -0.337 e. The second-order valence-electron chi connectivity index (χ2n) is 4.53. The zero-order valence-electron chi connectivity index (χ0n) is 10.7. The van der Waals surface area contributed by atoms with Crippen LogP contribution in [0.3, 0.4) is 0 Å². The average Bonchev–Trinajstić information content (AvgIpc) is 2.85. The Hall–Kier alpha value is -1.82. The van der Waals surface area contributed by atoms with Gasteiger partial charge in [-0.25, -0.2) is 8.78 Å². The lowest BCUT2D eigenvalue weighted by atomic mass is 10.0. The highest BCUT2D eigenvalue weighted by Gasteiger charge is 2.20. The SMILES string of the molecule is CCC(C)[C@H](N)c1nc(-c2cc(F)cc(F)c2)no1. The molecule has 2 rings (SSSR count). The number of halogens is 2. The van der Waals surface area contributed by atoms with Crippen LogP contribution in [0.5, 0.6) is 0 Å². The molecule has 2 aromatic rings. The van der Waals surface area contributed by atoms with E-state index in [-0.39, 0.29) is 29.2 Å². The summed E-state index contributed by atoms with van der Waals surface area (Å²) in [6.45, 7) is 3.97. The fourth-order valence-electron chi connectivity index (χ4n) is 1.67. The van der Waals surface area contributed by atoms with Crippen LogP contribution in [-0.2, 0) is 0 Å². The standard InChI is InChI=1S/C13H15F2N3O/c1-3-7(2)11(16)13-17-12(18-19-13)8-4-9(14)6-10(15)5-8/h4-7,11H,3,16H2,1-2H3/t7?,11-/m0/s1. The summed E-state index contributed by atoms with van der Waals surface area (Å²) < 4.78 is 31.3. The summed E-state index contributed by atoms with van der Waals surface area (Å²) in [6, 6.07) is 2.69. The predicted octanol–water partition coefficient (Wildman–Crippen LogP) is 3.06. The van der Waals surface area contributed by atoms with Gasteiger partial charge < -0.3 is 10.3 Å². The lowest BCUT2D eigenvalue weighted by molar-refractivity contribution is 0.312. The largest absolute Gasteiger partial charge is 0.337 e. The van der Waals surface area contributed by atoms with Gasteiger partial charge in [-0.05, 0) is 18.1 Å². The Morgan fingerprint density at radius 1 is 1.26 bits per heavy atom. The van der Waals surface area contributed by atoms with Crippen LogP contribution < -0.4 is 5.73 Å². The Balaban J connectivity index is 2.30. The maximum absolute atomic E-state index is 13.1. The molecule has 0 fully saturated rings. The number of nitrogens with zero attached hydrogens (tertiary/aromatic N) is 2. The maximum atomic E-state index is 13.1. The van der Waals surface area contributed by atoms with Crippen molar-refractivity contribution in [2.24, 2.45) is 11.7 Å². The van der Waals surface area contributed by atoms with Crippen LogP contribution in [0.15, 0.2) is 22.7 Å². The molecule has 1 aromatic heterocycles. The van der Waals surface area contributed by atoms with Gasteiger partial charge in [-0.2, -0.15) is 4.98 Å². The average molecular weight is 267 g/mol. The summed E-state index contributed by atoms with van der Waals surface area (Å²) in [7, 11) is 0. The van der Waals surface area contributed by atoms with E-state index in [1.165, 1.54) is 0 Å². The highest BCUT2D eigenvalue weighted by molar-refractivity contribution is 5.54. The Morgan fingerprint density at radius 3 is 2.47 bits per heavy atom. The molecule has 1 heterocycles. The molecule has 0 saturated heterocycles. The first-order valence-electron chi connectivity index (χ1n) is 6.07. The lowest BCUT2D eigenvalue weighted by Crippen LogP contribution is -2.18. The van der Waals surface area contributed by atoms with Gasteiger partial charge >= 0.3 is 0 Å². The monoisotopic (exact) mass is 267 g/mol. The van der Waals surface area contributed by atoms with Crippen molar-refractivity contribution in [3.05, 3.63) is 35.7 Å². The van der Waals surface area contributed by atoms with Gasteiger partial charge in [0.1, 0.15) is 11.6 Å². The number of aromatic nitrogens is 2. The minimum absolute atomic E-state index is 0.132. The van der Waals surface area contributed by atoms with Gasteiger partial charge in [-0.15, -0.1) is 0 Å². The fourth-order valence-corrected chi connectivity index (χ4v) is 1.67. The van der Waals surface area contributed by atoms with Crippen LogP contribution in [0, 0.1) is 17.6 Å². The van der Waals surface area contributed by atoms with E-state index in [1.54, 1.807) is 0 Å². The first-order chi connectivity index (χ1) is 9.01. The van der Waals surface area contributed by atoms with Crippen LogP contribution in [0.2, 0.25) is 0 Å². The number of hydrogen-bond donors (Lipinski definition) is 1. The molecule has 2 N–H and O–H groups in total. The molecule has 19 heavy (non-hydrogen) atoms. The normalized spacial score (nSPS) is 14.4. The molecule has 0 radical (unpaired) electrons. The van der Waals surface area contributed by atoms with Gasteiger partial charge in [0.15, 0.2) is 0 Å². The van der Waals surface area contributed by atoms with Crippen molar-refractivity contribution in [2.75, 3.05) is 0 Å². The molecule has 0 spiro atoms. The van der Waals surface area contributed by atoms with E-state index in [0.717, 1.165) is 24.6 Å². The second kappa shape index (κ2) is 5.44. The van der Waals surface area contributed by atoms with Gasteiger partial charge in [0, 0.05) is 11.6 Å². The number of nitrogens with two attached hydrogens (primary N) is 1. The topological polar surface area (TPSA) is 64.9 Å². The zero-order chi connectivity index (χ0) is 14.0. The Labute approximate surface area is 109 Å². The van der Waals surface area contributed by atoms with E-state index >= 15 is 0 Å². The molecule has 0 saturated carbocycles. The maximum Gasteiger partial charge on any atom is 0.244 e. The molecule has 4 nitrogen and oxygen atoms in total. The lowest BCUT2D eigenvalue weighted by Gasteiger charge is -2.12. The van der Waals surface area contributed by atoms with E-state index < -0.39 is 11.6 Å². The summed E-state index contributed by atoms with van der Waals surface area (Å²) in [5.74, 6) is -0.793. The van der Waals surface area contributed by atoms with Gasteiger partial charge in [0.25, 0.3) is 0 Å². The summed E-state index contributed by atoms with van der Waals surface area (Å²) in [6.07, 6.45) is 0.869. The third-order valence-corrected chi connectivity index (χ3v) is 3.10. The quantitative estimate of drug-likeness (QED) is 0.924. The van der Waals surface area contributed by atoms with Gasteiger partial charge in [0.2, 0.25) is 11.7 Å². The van der Waals surface area contributed by atoms with Crippen molar-refractivity contribution in [1.82, 2.24) is 10.1 Å². The molecular weight excluding hydrogens is 252 g/mol. The van der Waals surface area contributed by atoms with E-state index in [1.807, 2.05) is 13.8 Å². The van der Waals surface area contributed by atoms with Gasteiger partial charge in [-0.3, -0.25) is 0 Å². The highest BCUT2D eigenvalue weighted by Crippen LogP contribution is 2.24. The van der Waals surface area contributed by atoms with Crippen molar-refractivity contribution in [3.8, 4) is 11.4 Å². The predicted molar refractivity (Wildman–Crippen MR) is 66.0 cm³/mol. The van der Waals surface area contributed by atoms with Crippen molar-refractivity contribution >= 4 is 0 Å². The van der Waals surface area contributed by atoms with Crippen LogP contribution in [0.25, 0.3) is 11.4 Å². The molecule has 0 bridgehead atoms. The molecule has 102 valence electrons. The summed E-state index contributed by atoms with van der Waals surface area (Å²) >= 11 is 0. The van der Waals surface area contributed by atoms with E-state index in [0.29, 0.717) is 0 Å². The van der Waals surface area contributed by atoms with Crippen molar-refractivity contribution in [1.29, 1.82) is 0 Å². The zero-order valence-corrected chi connectivity index (χ0v) is 10.7. The first-order valence-corrected chi connectivity index (χ1v) is 6.07. The number of hydrogen-bond acceptors (Lipinski definition) is 4. The Kier molecular flexibility index (Phi) is 3.90. The fraction of sp³-hybridized carbons (Fsp3) is 0.385. The third-order valence-electron chi connectivity index (χ3n) is 3.10. The summed E-state index contributed by atoms with van der Waals surface area (Å²) in [5, 5.41) is 3.71. The molecule has 0 aliphatic carbocycles. The molecular formula is C13H15F2N3O. The van der Waals surface area contributed by atoms with Gasteiger partial charge in [0.05, 0.1) is 6.04 Å². The first kappa shape index (κ1) is 13.6. The van der Waals surface area contributed by atoms with Crippen molar-refractivity contribution < 1.29 is 13.3 Å². The third kappa shape index (κ3) is 2.96. The highest BCUT2D eigenvalue weighted by atomic mass is 19.1. The molecule has 0 aliphatic rings. The molecule has 0 amide bonds. The Bertz CT molecular complexity index is 551. The van der Waals surface area contributed by atoms with Crippen LogP contribution in [0.4, 0.5) is 8.78 Å². The van der Waals surface area contributed by atoms with E-state index in [9.17, 15) is 8.78 Å². The number of rotatable bonds is 4. The molecule has 0 aliphatic heterocycles. The van der Waals surface area contributed by atoms with Crippen LogP contribution >= 0.6 is 0 Å². The second-order valence-corrected chi connectivity index (χ2v) is 4.53. The van der Waals surface area contributed by atoms with Crippen molar-refractivity contribution in [2.45, 2.75) is 26.3 Å². The molecule has 6 heteroatoms. The van der Waals surface area contributed by atoms with E-state index in [2.05, 4.69) is 10.1 Å². The smallest absolute Gasteiger partial charge is 0.244 e. The molecule has 2 atom stereocenters. The van der Waals surface area contributed by atoms with Crippen LogP contribution in [0.1, 0.15) is 32.2 Å². The molecule has 1 aromatic carbocycles. The Morgan fingerprint density at radius 2 is 1.89 bits per heavy atom. The minimum atomic E-state index is -0.687. The molecule has 1 unspecified atom stereocenters. The number of benzene rings is 1. The summed E-state index contributed by atoms with van der Waals surface area (Å²) in [5.41, 5.74) is 6.18.